The van der Waals surface area contributed by atoms with Crippen LogP contribution in [0.1, 0.15) is 40.7 Å². The van der Waals surface area contributed by atoms with Gasteiger partial charge in [-0.2, -0.15) is 0 Å². The Labute approximate surface area is 95.5 Å². The van der Waals surface area contributed by atoms with Gasteiger partial charge in [0.1, 0.15) is 0 Å². The molecular formula is C13H17NO2. The molecule has 1 atom stereocenters. The predicted molar refractivity (Wildman–Crippen MR) is 63.0 cm³/mol. The van der Waals surface area contributed by atoms with Crippen LogP contribution >= 0.6 is 0 Å². The van der Waals surface area contributed by atoms with Crippen LogP contribution in [0.25, 0.3) is 0 Å². The van der Waals surface area contributed by atoms with E-state index in [-0.39, 0.29) is 0 Å². The number of carboxylic acid groups (broad SMARTS) is 1. The lowest BCUT2D eigenvalue weighted by Crippen LogP contribution is -2.19. The van der Waals surface area contributed by atoms with Crippen molar-refractivity contribution < 1.29 is 9.90 Å². The number of hydrogen-bond acceptors (Lipinski definition) is 2. The maximum absolute atomic E-state index is 10.9. The number of aryl methyl sites for hydroxylation is 1. The van der Waals surface area contributed by atoms with Crippen molar-refractivity contribution >= 4 is 5.97 Å². The van der Waals surface area contributed by atoms with Crippen molar-refractivity contribution in [2.45, 2.75) is 25.7 Å². The molecular weight excluding hydrogens is 202 g/mol. The molecule has 3 heteroatoms. The minimum absolute atomic E-state index is 0.405. The normalized spacial score (nSPS) is 18.4. The van der Waals surface area contributed by atoms with Gasteiger partial charge in [0.2, 0.25) is 0 Å². The quantitative estimate of drug-likeness (QED) is 0.814. The summed E-state index contributed by atoms with van der Waals surface area (Å²) in [6, 6.07) is 5.51. The van der Waals surface area contributed by atoms with Crippen molar-refractivity contribution in [1.82, 2.24) is 5.32 Å². The maximum atomic E-state index is 10.9. The maximum Gasteiger partial charge on any atom is 0.335 e. The molecule has 1 aromatic rings. The van der Waals surface area contributed by atoms with E-state index in [1.54, 1.807) is 6.07 Å². The van der Waals surface area contributed by atoms with Gasteiger partial charge in [-0.05, 0) is 48.6 Å². The van der Waals surface area contributed by atoms with Crippen LogP contribution in [-0.2, 0) is 6.42 Å². The van der Waals surface area contributed by atoms with E-state index in [9.17, 15) is 4.79 Å². The van der Waals surface area contributed by atoms with E-state index in [0.29, 0.717) is 11.5 Å². The molecule has 0 fully saturated rings. The molecule has 0 bridgehead atoms. The van der Waals surface area contributed by atoms with Gasteiger partial charge in [0.25, 0.3) is 0 Å². The van der Waals surface area contributed by atoms with Crippen LogP contribution in [0.4, 0.5) is 0 Å². The molecule has 1 aliphatic rings. The molecule has 0 saturated heterocycles. The third-order valence-corrected chi connectivity index (χ3v) is 3.24. The van der Waals surface area contributed by atoms with Crippen LogP contribution in [0.3, 0.4) is 0 Å². The molecule has 16 heavy (non-hydrogen) atoms. The zero-order valence-corrected chi connectivity index (χ0v) is 9.49. The molecule has 2 rings (SSSR count). The topological polar surface area (TPSA) is 49.3 Å². The number of likely N-dealkylation sites (N-methyl/N-ethyl adjacent to an activating group) is 1. The Balaban J connectivity index is 2.22. The Morgan fingerprint density at radius 2 is 2.38 bits per heavy atom. The first-order valence-electron chi connectivity index (χ1n) is 5.79. The van der Waals surface area contributed by atoms with Gasteiger partial charge in [-0.1, -0.05) is 13.0 Å². The van der Waals surface area contributed by atoms with E-state index in [1.165, 1.54) is 11.1 Å². The number of nitrogens with one attached hydrogen (secondary N) is 1. The van der Waals surface area contributed by atoms with E-state index in [2.05, 4.69) is 12.2 Å². The lowest BCUT2D eigenvalue weighted by atomic mass is 9.99. The Morgan fingerprint density at radius 1 is 1.56 bits per heavy atom. The smallest absolute Gasteiger partial charge is 0.335 e. The molecule has 0 aliphatic heterocycles. The SMILES string of the molecule is CCNCC1CCc2ccc(C(=O)O)cc21. The van der Waals surface area contributed by atoms with E-state index in [1.807, 2.05) is 12.1 Å². The summed E-state index contributed by atoms with van der Waals surface area (Å²) in [4.78, 5) is 10.9. The molecule has 0 spiro atoms. The lowest BCUT2D eigenvalue weighted by molar-refractivity contribution is 0.0697. The van der Waals surface area contributed by atoms with Crippen molar-refractivity contribution in [3.8, 4) is 0 Å². The molecule has 0 radical (unpaired) electrons. The van der Waals surface area contributed by atoms with Gasteiger partial charge in [-0.25, -0.2) is 4.79 Å². The summed E-state index contributed by atoms with van der Waals surface area (Å²) < 4.78 is 0. The zero-order chi connectivity index (χ0) is 11.5. The van der Waals surface area contributed by atoms with E-state index in [4.69, 9.17) is 5.11 Å². The van der Waals surface area contributed by atoms with E-state index >= 15 is 0 Å². The number of fused-ring (bicyclic) bond motifs is 1. The van der Waals surface area contributed by atoms with Gasteiger partial charge >= 0.3 is 5.97 Å². The highest BCUT2D eigenvalue weighted by molar-refractivity contribution is 5.88. The molecule has 1 aliphatic carbocycles. The van der Waals surface area contributed by atoms with Crippen molar-refractivity contribution in [1.29, 1.82) is 0 Å². The molecule has 2 N–H and O–H groups in total. The van der Waals surface area contributed by atoms with Crippen LogP contribution in [0.15, 0.2) is 18.2 Å². The molecule has 0 amide bonds. The van der Waals surface area contributed by atoms with Crippen molar-refractivity contribution in [2.75, 3.05) is 13.1 Å². The van der Waals surface area contributed by atoms with E-state index in [0.717, 1.165) is 25.9 Å². The van der Waals surface area contributed by atoms with Crippen molar-refractivity contribution in [3.05, 3.63) is 34.9 Å². The fraction of sp³-hybridized carbons (Fsp3) is 0.462. The van der Waals surface area contributed by atoms with Crippen molar-refractivity contribution in [2.24, 2.45) is 0 Å². The Kier molecular flexibility index (Phi) is 3.25. The number of hydrogen-bond donors (Lipinski definition) is 2. The minimum Gasteiger partial charge on any atom is -0.478 e. The zero-order valence-electron chi connectivity index (χ0n) is 9.49. The van der Waals surface area contributed by atoms with Crippen LogP contribution in [-0.4, -0.2) is 24.2 Å². The van der Waals surface area contributed by atoms with Crippen LogP contribution < -0.4 is 5.32 Å². The second-order valence-corrected chi connectivity index (χ2v) is 4.26. The molecule has 0 aromatic heterocycles. The Bertz CT molecular complexity index is 401. The summed E-state index contributed by atoms with van der Waals surface area (Å²) in [6.45, 7) is 4.00. The van der Waals surface area contributed by atoms with Crippen LogP contribution in [0.5, 0.6) is 0 Å². The summed E-state index contributed by atoms with van der Waals surface area (Å²) in [6.07, 6.45) is 2.21. The fourth-order valence-corrected chi connectivity index (χ4v) is 2.35. The van der Waals surface area contributed by atoms with Crippen LogP contribution in [0.2, 0.25) is 0 Å². The fourth-order valence-electron chi connectivity index (χ4n) is 2.35. The van der Waals surface area contributed by atoms with Gasteiger partial charge in [-0.15, -0.1) is 0 Å². The molecule has 0 saturated carbocycles. The van der Waals surface area contributed by atoms with Crippen molar-refractivity contribution in [3.63, 3.8) is 0 Å². The monoisotopic (exact) mass is 219 g/mol. The highest BCUT2D eigenvalue weighted by Gasteiger charge is 2.22. The standard InChI is InChI=1S/C13H17NO2/c1-2-14-8-11-6-4-9-3-5-10(13(15)16)7-12(9)11/h3,5,7,11,14H,2,4,6,8H2,1H3,(H,15,16). The Morgan fingerprint density at radius 3 is 3.06 bits per heavy atom. The number of benzene rings is 1. The lowest BCUT2D eigenvalue weighted by Gasteiger charge is -2.12. The minimum atomic E-state index is -0.836. The summed E-state index contributed by atoms with van der Waals surface area (Å²) in [5, 5.41) is 12.3. The summed E-state index contributed by atoms with van der Waals surface area (Å²) in [7, 11) is 0. The number of rotatable bonds is 4. The number of aromatic carboxylic acids is 1. The predicted octanol–water partition coefficient (Wildman–Crippen LogP) is 2.02. The average molecular weight is 219 g/mol. The molecule has 3 nitrogen and oxygen atoms in total. The van der Waals surface area contributed by atoms with Gasteiger partial charge in [0, 0.05) is 6.54 Å². The highest BCUT2D eigenvalue weighted by atomic mass is 16.4. The highest BCUT2D eigenvalue weighted by Crippen LogP contribution is 2.33. The van der Waals surface area contributed by atoms with Gasteiger partial charge in [0.05, 0.1) is 5.56 Å². The molecule has 0 heterocycles. The van der Waals surface area contributed by atoms with Gasteiger partial charge in [-0.3, -0.25) is 0 Å². The largest absolute Gasteiger partial charge is 0.478 e. The number of carbonyl (C=O) groups is 1. The summed E-state index contributed by atoms with van der Waals surface area (Å²) >= 11 is 0. The molecule has 1 aromatic carbocycles. The second kappa shape index (κ2) is 4.66. The first-order valence-corrected chi connectivity index (χ1v) is 5.79. The summed E-state index contributed by atoms with van der Waals surface area (Å²) in [5.74, 6) is -0.355. The third kappa shape index (κ3) is 2.09. The molecule has 1 unspecified atom stereocenters. The second-order valence-electron chi connectivity index (χ2n) is 4.26. The van der Waals surface area contributed by atoms with Gasteiger partial charge < -0.3 is 10.4 Å². The first kappa shape index (κ1) is 11.1. The van der Waals surface area contributed by atoms with Crippen LogP contribution in [0, 0.1) is 0 Å². The van der Waals surface area contributed by atoms with E-state index < -0.39 is 5.97 Å². The summed E-state index contributed by atoms with van der Waals surface area (Å²) in [5.41, 5.74) is 2.94. The average Bonchev–Trinajstić information content (AvgIpc) is 2.68. The third-order valence-electron chi connectivity index (χ3n) is 3.24. The van der Waals surface area contributed by atoms with Gasteiger partial charge in [0.15, 0.2) is 0 Å². The Hall–Kier alpha value is -1.35. The molecule has 86 valence electrons. The first-order chi connectivity index (χ1) is 7.72. The number of carboxylic acids is 1.